The zero-order valence-corrected chi connectivity index (χ0v) is 12.2. The molecule has 2 N–H and O–H groups in total. The van der Waals surface area contributed by atoms with E-state index in [4.69, 9.17) is 0 Å². The normalized spacial score (nSPS) is 16.2. The Balaban J connectivity index is 1.47. The predicted molar refractivity (Wildman–Crippen MR) is 80.6 cm³/mol. The first-order valence-corrected chi connectivity index (χ1v) is 7.56. The summed E-state index contributed by atoms with van der Waals surface area (Å²) in [6.07, 6.45) is 5.81. The summed E-state index contributed by atoms with van der Waals surface area (Å²) < 4.78 is 0. The molecule has 0 amide bonds. The number of aryl methyl sites for hydroxylation is 1. The fourth-order valence-corrected chi connectivity index (χ4v) is 2.88. The molecule has 2 aromatic rings. The Labute approximate surface area is 119 Å². The third-order valence-corrected chi connectivity index (χ3v) is 3.94. The van der Waals surface area contributed by atoms with E-state index in [2.05, 4.69) is 31.2 Å². The maximum absolute atomic E-state index is 4.37. The summed E-state index contributed by atoms with van der Waals surface area (Å²) in [5.74, 6) is 0.925. The molecule has 0 aromatic carbocycles. The molecular formula is C15H23N5. The van der Waals surface area contributed by atoms with Crippen LogP contribution in [0.4, 0.5) is 0 Å². The van der Waals surface area contributed by atoms with E-state index >= 15 is 0 Å². The summed E-state index contributed by atoms with van der Waals surface area (Å²) in [7, 11) is 0. The predicted octanol–water partition coefficient (Wildman–Crippen LogP) is 1.84. The van der Waals surface area contributed by atoms with Gasteiger partial charge in [0.1, 0.15) is 5.82 Å². The second kappa shape index (κ2) is 6.33. The quantitative estimate of drug-likeness (QED) is 0.789. The van der Waals surface area contributed by atoms with Gasteiger partial charge in [0.15, 0.2) is 5.65 Å². The van der Waals surface area contributed by atoms with Crippen LogP contribution in [-0.2, 0) is 6.54 Å². The Hall–Kier alpha value is -1.46. The average Bonchev–Trinajstić information content (AvgIpc) is 3.06. The molecule has 1 aliphatic heterocycles. The molecule has 0 bridgehead atoms. The number of rotatable bonds is 6. The highest BCUT2D eigenvalue weighted by molar-refractivity contribution is 5.74. The number of aromatic amines is 1. The highest BCUT2D eigenvalue weighted by atomic mass is 15.1. The van der Waals surface area contributed by atoms with Crippen LogP contribution in [0.1, 0.15) is 30.7 Å². The molecule has 1 saturated heterocycles. The molecule has 0 saturated carbocycles. The van der Waals surface area contributed by atoms with Crippen LogP contribution in [0.5, 0.6) is 0 Å². The van der Waals surface area contributed by atoms with Gasteiger partial charge in [-0.05, 0) is 64.0 Å². The summed E-state index contributed by atoms with van der Waals surface area (Å²) >= 11 is 0. The van der Waals surface area contributed by atoms with Crippen LogP contribution < -0.4 is 5.32 Å². The first kappa shape index (κ1) is 13.5. The van der Waals surface area contributed by atoms with Gasteiger partial charge in [-0.15, -0.1) is 0 Å². The molecule has 2 aromatic heterocycles. The lowest BCUT2D eigenvalue weighted by molar-refractivity contribution is 0.331. The minimum Gasteiger partial charge on any atom is -0.341 e. The highest BCUT2D eigenvalue weighted by Crippen LogP contribution is 2.13. The zero-order chi connectivity index (χ0) is 13.8. The molecule has 5 nitrogen and oxygen atoms in total. The van der Waals surface area contributed by atoms with Gasteiger partial charge in [-0.2, -0.15) is 0 Å². The van der Waals surface area contributed by atoms with Crippen molar-refractivity contribution in [2.45, 2.75) is 32.7 Å². The molecule has 3 rings (SSSR count). The van der Waals surface area contributed by atoms with Gasteiger partial charge in [-0.1, -0.05) is 0 Å². The molecule has 20 heavy (non-hydrogen) atoms. The monoisotopic (exact) mass is 273 g/mol. The van der Waals surface area contributed by atoms with Crippen molar-refractivity contribution in [3.8, 4) is 0 Å². The van der Waals surface area contributed by atoms with Gasteiger partial charge < -0.3 is 15.2 Å². The Bertz CT molecular complexity index is 556. The number of H-pyrrole nitrogens is 1. The van der Waals surface area contributed by atoms with Crippen molar-refractivity contribution in [1.29, 1.82) is 0 Å². The number of aromatic nitrogens is 3. The van der Waals surface area contributed by atoms with Gasteiger partial charge in [-0.25, -0.2) is 9.97 Å². The van der Waals surface area contributed by atoms with Gasteiger partial charge in [0.25, 0.3) is 0 Å². The van der Waals surface area contributed by atoms with Gasteiger partial charge in [0.2, 0.25) is 0 Å². The van der Waals surface area contributed by atoms with Crippen LogP contribution in [0, 0.1) is 6.92 Å². The molecule has 0 aliphatic carbocycles. The fraction of sp³-hybridized carbons (Fsp3) is 0.600. The zero-order valence-electron chi connectivity index (χ0n) is 12.2. The van der Waals surface area contributed by atoms with E-state index in [1.54, 1.807) is 0 Å². The number of pyridine rings is 1. The van der Waals surface area contributed by atoms with Crippen LogP contribution in [0.2, 0.25) is 0 Å². The lowest BCUT2D eigenvalue weighted by atomic mass is 10.2. The molecule has 1 aliphatic rings. The molecule has 0 atom stereocenters. The third kappa shape index (κ3) is 3.16. The molecule has 1 fully saturated rings. The van der Waals surface area contributed by atoms with Gasteiger partial charge in [0, 0.05) is 12.7 Å². The van der Waals surface area contributed by atoms with Crippen molar-refractivity contribution < 1.29 is 0 Å². The number of hydrogen-bond acceptors (Lipinski definition) is 4. The van der Waals surface area contributed by atoms with Gasteiger partial charge in [-0.3, -0.25) is 0 Å². The van der Waals surface area contributed by atoms with Gasteiger partial charge >= 0.3 is 0 Å². The largest absolute Gasteiger partial charge is 0.341 e. The van der Waals surface area contributed by atoms with Crippen molar-refractivity contribution in [3.63, 3.8) is 0 Å². The van der Waals surface area contributed by atoms with E-state index in [0.717, 1.165) is 30.1 Å². The summed E-state index contributed by atoms with van der Waals surface area (Å²) in [6.45, 7) is 7.71. The summed E-state index contributed by atoms with van der Waals surface area (Å²) in [6, 6.07) is 2.06. The molecule has 0 spiro atoms. The van der Waals surface area contributed by atoms with E-state index < -0.39 is 0 Å². The highest BCUT2D eigenvalue weighted by Gasteiger charge is 2.10. The van der Waals surface area contributed by atoms with E-state index in [9.17, 15) is 0 Å². The topological polar surface area (TPSA) is 56.8 Å². The Morgan fingerprint density at radius 2 is 2.20 bits per heavy atom. The lowest BCUT2D eigenvalue weighted by Crippen LogP contribution is -2.24. The number of nitrogens with one attached hydrogen (secondary N) is 2. The van der Waals surface area contributed by atoms with Crippen LogP contribution in [0.15, 0.2) is 12.3 Å². The average molecular weight is 273 g/mol. The van der Waals surface area contributed by atoms with Crippen LogP contribution in [-0.4, -0.2) is 46.0 Å². The molecule has 108 valence electrons. The summed E-state index contributed by atoms with van der Waals surface area (Å²) in [4.78, 5) is 14.5. The van der Waals surface area contributed by atoms with Gasteiger partial charge in [0.05, 0.1) is 5.52 Å². The Morgan fingerprint density at radius 3 is 3.05 bits per heavy atom. The third-order valence-electron chi connectivity index (χ3n) is 3.94. The molecule has 3 heterocycles. The second-order valence-electron chi connectivity index (χ2n) is 5.57. The SMILES string of the molecule is Cc1nc2nccc(CNCCCN3CCCC3)c2[nH]1. The number of nitrogens with zero attached hydrogens (tertiary/aromatic N) is 3. The number of likely N-dealkylation sites (tertiary alicyclic amines) is 1. The molecule has 0 radical (unpaired) electrons. The number of hydrogen-bond donors (Lipinski definition) is 2. The minimum atomic E-state index is 0.818. The Morgan fingerprint density at radius 1 is 1.35 bits per heavy atom. The standard InChI is InChI=1S/C15H23N5/c1-12-18-14-13(5-7-17-15(14)19-12)11-16-6-4-10-20-8-2-3-9-20/h5,7,16H,2-4,6,8-11H2,1H3,(H,17,18,19). The van der Waals surface area contributed by atoms with E-state index in [1.807, 2.05) is 13.1 Å². The number of fused-ring (bicyclic) bond motifs is 1. The summed E-state index contributed by atoms with van der Waals surface area (Å²) in [5.41, 5.74) is 3.13. The van der Waals surface area contributed by atoms with Crippen LogP contribution >= 0.6 is 0 Å². The van der Waals surface area contributed by atoms with Crippen LogP contribution in [0.3, 0.4) is 0 Å². The maximum Gasteiger partial charge on any atom is 0.177 e. The van der Waals surface area contributed by atoms with Crippen molar-refractivity contribution in [3.05, 3.63) is 23.7 Å². The molecular weight excluding hydrogens is 250 g/mol. The van der Waals surface area contributed by atoms with E-state index in [-0.39, 0.29) is 0 Å². The first-order chi connectivity index (χ1) is 9.83. The fourth-order valence-electron chi connectivity index (χ4n) is 2.88. The lowest BCUT2D eigenvalue weighted by Gasteiger charge is -2.14. The maximum atomic E-state index is 4.37. The minimum absolute atomic E-state index is 0.818. The molecule has 0 unspecified atom stereocenters. The van der Waals surface area contributed by atoms with Crippen LogP contribution in [0.25, 0.3) is 11.2 Å². The van der Waals surface area contributed by atoms with Crippen molar-refractivity contribution in [1.82, 2.24) is 25.2 Å². The Kier molecular flexibility index (Phi) is 4.28. The first-order valence-electron chi connectivity index (χ1n) is 7.56. The van der Waals surface area contributed by atoms with E-state index in [1.165, 1.54) is 44.5 Å². The molecule has 5 heteroatoms. The van der Waals surface area contributed by atoms with Crippen molar-refractivity contribution in [2.75, 3.05) is 26.2 Å². The summed E-state index contributed by atoms with van der Waals surface area (Å²) in [5, 5.41) is 3.52. The van der Waals surface area contributed by atoms with Crippen molar-refractivity contribution in [2.24, 2.45) is 0 Å². The van der Waals surface area contributed by atoms with Crippen molar-refractivity contribution >= 4 is 11.2 Å². The smallest absolute Gasteiger partial charge is 0.177 e. The number of imidazole rings is 1. The van der Waals surface area contributed by atoms with E-state index in [0.29, 0.717) is 0 Å². The second-order valence-corrected chi connectivity index (χ2v) is 5.57.